The van der Waals surface area contributed by atoms with Crippen LogP contribution in [-0.4, -0.2) is 40.7 Å². The van der Waals surface area contributed by atoms with Gasteiger partial charge in [0.05, 0.1) is 5.51 Å². The smallest absolute Gasteiger partial charge is 0.410 e. The van der Waals surface area contributed by atoms with Crippen molar-refractivity contribution in [3.8, 4) is 0 Å². The van der Waals surface area contributed by atoms with Crippen LogP contribution in [0.5, 0.6) is 0 Å². The lowest BCUT2D eigenvalue weighted by atomic mass is 10.2. The van der Waals surface area contributed by atoms with E-state index in [1.54, 1.807) is 16.2 Å². The van der Waals surface area contributed by atoms with Crippen molar-refractivity contribution < 1.29 is 9.53 Å². The summed E-state index contributed by atoms with van der Waals surface area (Å²) in [4.78, 5) is 19.1. The van der Waals surface area contributed by atoms with Crippen molar-refractivity contribution in [2.24, 2.45) is 0 Å². The third-order valence-corrected chi connectivity index (χ3v) is 3.34. The number of carbonyl (C=O) groups is 1. The molecule has 1 heterocycles. The normalized spacial score (nSPS) is 11.7. The standard InChI is InChI=1S/C14H25N3O2S/c1-11(2)17(13(18)19-14(3,4)5)7-6-15-8-12-9-16-10-20-12/h9-11,15H,6-8H2,1-5H3. The van der Waals surface area contributed by atoms with Crippen molar-refractivity contribution in [2.75, 3.05) is 13.1 Å². The van der Waals surface area contributed by atoms with E-state index in [0.717, 1.165) is 13.1 Å². The number of ether oxygens (including phenoxy) is 1. The minimum atomic E-state index is -0.458. The van der Waals surface area contributed by atoms with Crippen LogP contribution in [0.15, 0.2) is 11.7 Å². The molecule has 0 aliphatic carbocycles. The summed E-state index contributed by atoms with van der Waals surface area (Å²) in [5.41, 5.74) is 1.36. The average molecular weight is 299 g/mol. The highest BCUT2D eigenvalue weighted by Gasteiger charge is 2.23. The van der Waals surface area contributed by atoms with E-state index in [1.165, 1.54) is 4.88 Å². The molecule has 114 valence electrons. The summed E-state index contributed by atoms with van der Waals surface area (Å²) in [6.07, 6.45) is 1.60. The second-order valence-electron chi connectivity index (χ2n) is 5.91. The van der Waals surface area contributed by atoms with Crippen molar-refractivity contribution in [2.45, 2.75) is 52.8 Å². The highest BCUT2D eigenvalue weighted by atomic mass is 32.1. The molecule has 1 rings (SSSR count). The molecule has 0 bridgehead atoms. The number of rotatable bonds is 6. The average Bonchev–Trinajstić information content (AvgIpc) is 2.78. The SMILES string of the molecule is CC(C)N(CCNCc1cncs1)C(=O)OC(C)(C)C. The van der Waals surface area contributed by atoms with Crippen LogP contribution in [0, 0.1) is 0 Å². The van der Waals surface area contributed by atoms with Crippen LogP contribution >= 0.6 is 11.3 Å². The van der Waals surface area contributed by atoms with Gasteiger partial charge < -0.3 is 15.0 Å². The Morgan fingerprint density at radius 2 is 2.20 bits per heavy atom. The predicted molar refractivity (Wildman–Crippen MR) is 81.9 cm³/mol. The summed E-state index contributed by atoms with van der Waals surface area (Å²) in [5, 5.41) is 3.31. The number of nitrogens with zero attached hydrogens (tertiary/aromatic N) is 2. The molecule has 0 fully saturated rings. The van der Waals surface area contributed by atoms with Crippen LogP contribution in [-0.2, 0) is 11.3 Å². The quantitative estimate of drug-likeness (QED) is 0.821. The first kappa shape index (κ1) is 16.9. The van der Waals surface area contributed by atoms with Gasteiger partial charge in [-0.2, -0.15) is 0 Å². The van der Waals surface area contributed by atoms with Crippen molar-refractivity contribution in [1.82, 2.24) is 15.2 Å². The Morgan fingerprint density at radius 1 is 1.50 bits per heavy atom. The van der Waals surface area contributed by atoms with Gasteiger partial charge in [0.2, 0.25) is 0 Å². The van der Waals surface area contributed by atoms with Crippen LogP contribution in [0.2, 0.25) is 0 Å². The van der Waals surface area contributed by atoms with Gasteiger partial charge in [0.15, 0.2) is 0 Å². The molecule has 6 heteroatoms. The number of nitrogens with one attached hydrogen (secondary N) is 1. The van der Waals surface area contributed by atoms with Gasteiger partial charge in [0, 0.05) is 36.8 Å². The Labute approximate surface area is 125 Å². The Hall–Kier alpha value is -1.14. The van der Waals surface area contributed by atoms with Crippen molar-refractivity contribution in [1.29, 1.82) is 0 Å². The van der Waals surface area contributed by atoms with Gasteiger partial charge in [-0.1, -0.05) is 0 Å². The lowest BCUT2D eigenvalue weighted by molar-refractivity contribution is 0.0193. The van der Waals surface area contributed by atoms with E-state index in [1.807, 2.05) is 46.3 Å². The minimum absolute atomic E-state index is 0.120. The summed E-state index contributed by atoms with van der Waals surface area (Å²) in [7, 11) is 0. The lowest BCUT2D eigenvalue weighted by Crippen LogP contribution is -2.44. The largest absolute Gasteiger partial charge is 0.444 e. The summed E-state index contributed by atoms with van der Waals surface area (Å²) >= 11 is 1.62. The lowest BCUT2D eigenvalue weighted by Gasteiger charge is -2.30. The fourth-order valence-electron chi connectivity index (χ4n) is 1.62. The van der Waals surface area contributed by atoms with Crippen molar-refractivity contribution in [3.63, 3.8) is 0 Å². The second-order valence-corrected chi connectivity index (χ2v) is 6.88. The Bertz CT molecular complexity index is 399. The van der Waals surface area contributed by atoms with E-state index in [0.29, 0.717) is 6.54 Å². The summed E-state index contributed by atoms with van der Waals surface area (Å²) < 4.78 is 5.42. The van der Waals surface area contributed by atoms with E-state index >= 15 is 0 Å². The van der Waals surface area contributed by atoms with Gasteiger partial charge in [-0.3, -0.25) is 4.98 Å². The zero-order valence-corrected chi connectivity index (χ0v) is 13.8. The second kappa shape index (κ2) is 7.59. The third kappa shape index (κ3) is 6.34. The molecular weight excluding hydrogens is 274 g/mol. The molecule has 1 aromatic heterocycles. The number of hydrogen-bond donors (Lipinski definition) is 1. The zero-order valence-electron chi connectivity index (χ0n) is 13.0. The van der Waals surface area contributed by atoms with Crippen LogP contribution in [0.3, 0.4) is 0 Å². The maximum atomic E-state index is 12.1. The fraction of sp³-hybridized carbons (Fsp3) is 0.714. The molecule has 0 atom stereocenters. The molecule has 0 radical (unpaired) electrons. The number of aromatic nitrogens is 1. The molecule has 1 amide bonds. The molecule has 1 N–H and O–H groups in total. The molecule has 0 unspecified atom stereocenters. The monoisotopic (exact) mass is 299 g/mol. The van der Waals surface area contributed by atoms with E-state index in [9.17, 15) is 4.79 Å². The summed E-state index contributed by atoms with van der Waals surface area (Å²) in [5.74, 6) is 0. The highest BCUT2D eigenvalue weighted by molar-refractivity contribution is 7.09. The third-order valence-electron chi connectivity index (χ3n) is 2.56. The van der Waals surface area contributed by atoms with Gasteiger partial charge >= 0.3 is 6.09 Å². The molecule has 1 aromatic rings. The van der Waals surface area contributed by atoms with Crippen LogP contribution in [0.25, 0.3) is 0 Å². The van der Waals surface area contributed by atoms with Gasteiger partial charge in [-0.25, -0.2) is 4.79 Å². The molecule has 5 nitrogen and oxygen atoms in total. The summed E-state index contributed by atoms with van der Waals surface area (Å²) in [6.45, 7) is 11.8. The minimum Gasteiger partial charge on any atom is -0.444 e. The van der Waals surface area contributed by atoms with Gasteiger partial charge in [0.25, 0.3) is 0 Å². The van der Waals surface area contributed by atoms with Crippen LogP contribution < -0.4 is 5.32 Å². The van der Waals surface area contributed by atoms with Crippen molar-refractivity contribution in [3.05, 3.63) is 16.6 Å². The molecule has 0 spiro atoms. The molecule has 0 aliphatic rings. The Balaban J connectivity index is 2.37. The molecular formula is C14H25N3O2S. The number of carbonyl (C=O) groups excluding carboxylic acids is 1. The van der Waals surface area contributed by atoms with Crippen LogP contribution in [0.1, 0.15) is 39.5 Å². The van der Waals surface area contributed by atoms with Gasteiger partial charge in [-0.15, -0.1) is 11.3 Å². The predicted octanol–water partition coefficient (Wildman–Crippen LogP) is 2.88. The zero-order chi connectivity index (χ0) is 15.2. The van der Waals surface area contributed by atoms with Gasteiger partial charge in [0.1, 0.15) is 5.60 Å². The number of hydrogen-bond acceptors (Lipinski definition) is 5. The van der Waals surface area contributed by atoms with E-state index in [-0.39, 0.29) is 12.1 Å². The molecule has 0 aliphatic heterocycles. The maximum absolute atomic E-state index is 12.1. The van der Waals surface area contributed by atoms with Gasteiger partial charge in [-0.05, 0) is 34.6 Å². The van der Waals surface area contributed by atoms with Crippen LogP contribution in [0.4, 0.5) is 4.79 Å². The Morgan fingerprint density at radius 3 is 2.70 bits per heavy atom. The van der Waals surface area contributed by atoms with E-state index < -0.39 is 5.60 Å². The number of amides is 1. The maximum Gasteiger partial charge on any atom is 0.410 e. The first-order chi connectivity index (χ1) is 9.29. The number of thiazole rings is 1. The van der Waals surface area contributed by atoms with Crippen molar-refractivity contribution >= 4 is 17.4 Å². The first-order valence-corrected chi connectivity index (χ1v) is 7.75. The fourth-order valence-corrected chi connectivity index (χ4v) is 2.19. The molecule has 0 saturated carbocycles. The molecule has 0 aromatic carbocycles. The highest BCUT2D eigenvalue weighted by Crippen LogP contribution is 2.11. The van der Waals surface area contributed by atoms with E-state index in [4.69, 9.17) is 4.74 Å². The first-order valence-electron chi connectivity index (χ1n) is 6.87. The topological polar surface area (TPSA) is 54.5 Å². The molecule has 0 saturated heterocycles. The van der Waals surface area contributed by atoms with E-state index in [2.05, 4.69) is 10.3 Å². The summed E-state index contributed by atoms with van der Waals surface area (Å²) in [6, 6.07) is 0.120. The molecule has 20 heavy (non-hydrogen) atoms. The Kier molecular flexibility index (Phi) is 6.42.